The second-order valence-electron chi connectivity index (χ2n) is 6.62. The minimum absolute atomic E-state index is 0.0194. The Balaban J connectivity index is 1.42. The van der Waals surface area contributed by atoms with Gasteiger partial charge in [-0.2, -0.15) is 0 Å². The number of ether oxygens (including phenoxy) is 1. The summed E-state index contributed by atoms with van der Waals surface area (Å²) in [7, 11) is -1.38. The third-order valence-electron chi connectivity index (χ3n) is 4.54. The number of hydrogen-bond donors (Lipinski definition) is 2. The number of carbonyl (C=O) groups excluding carboxylic acids is 1. The van der Waals surface area contributed by atoms with Gasteiger partial charge >= 0.3 is 0 Å². The first-order valence-electron chi connectivity index (χ1n) is 8.69. The summed E-state index contributed by atoms with van der Waals surface area (Å²) in [5, 5.41) is 6.71. The molecule has 146 valence electrons. The molecule has 4 rings (SSSR count). The molecule has 0 saturated carbocycles. The van der Waals surface area contributed by atoms with Gasteiger partial charge in [0.05, 0.1) is 24.7 Å². The van der Waals surface area contributed by atoms with Crippen molar-refractivity contribution in [2.24, 2.45) is 4.99 Å². The number of benzene rings is 2. The molecule has 2 heterocycles. The fraction of sp³-hybridized carbons (Fsp3) is 0.263. The SMILES string of the molecule is COc1ccc(NC(=O)c2cccc(NC3=N[C@H]4CS(=O)(=O)C[C@H]4S3)c2)cc1. The van der Waals surface area contributed by atoms with Gasteiger partial charge in [-0.3, -0.25) is 9.79 Å². The molecule has 0 unspecified atom stereocenters. The van der Waals surface area contributed by atoms with Gasteiger partial charge in [0.15, 0.2) is 15.0 Å². The summed E-state index contributed by atoms with van der Waals surface area (Å²) < 4.78 is 28.4. The lowest BCUT2D eigenvalue weighted by Crippen LogP contribution is -2.14. The van der Waals surface area contributed by atoms with Crippen LogP contribution in [0.25, 0.3) is 0 Å². The van der Waals surface area contributed by atoms with Crippen molar-refractivity contribution >= 4 is 44.0 Å². The van der Waals surface area contributed by atoms with E-state index in [1.165, 1.54) is 11.8 Å². The Morgan fingerprint density at radius 3 is 2.64 bits per heavy atom. The summed E-state index contributed by atoms with van der Waals surface area (Å²) in [5.41, 5.74) is 1.91. The van der Waals surface area contributed by atoms with Crippen LogP contribution in [0.5, 0.6) is 5.75 Å². The minimum Gasteiger partial charge on any atom is -0.497 e. The molecular formula is C19H19N3O4S2. The Morgan fingerprint density at radius 2 is 1.93 bits per heavy atom. The first-order chi connectivity index (χ1) is 13.4. The van der Waals surface area contributed by atoms with Crippen LogP contribution in [0.4, 0.5) is 11.4 Å². The Labute approximate surface area is 167 Å². The van der Waals surface area contributed by atoms with Crippen molar-refractivity contribution in [2.45, 2.75) is 11.3 Å². The number of thioether (sulfide) groups is 1. The van der Waals surface area contributed by atoms with Gasteiger partial charge in [-0.25, -0.2) is 8.42 Å². The highest BCUT2D eigenvalue weighted by Crippen LogP contribution is 2.34. The van der Waals surface area contributed by atoms with Crippen LogP contribution < -0.4 is 15.4 Å². The topological polar surface area (TPSA) is 96.9 Å². The molecule has 28 heavy (non-hydrogen) atoms. The second-order valence-corrected chi connectivity index (χ2v) is 10.0. The van der Waals surface area contributed by atoms with E-state index in [1.54, 1.807) is 49.6 Å². The predicted octanol–water partition coefficient (Wildman–Crippen LogP) is 2.63. The number of amidine groups is 1. The van der Waals surface area contributed by atoms with E-state index in [1.807, 2.05) is 6.07 Å². The number of amides is 1. The fourth-order valence-electron chi connectivity index (χ4n) is 3.16. The minimum atomic E-state index is -2.97. The molecule has 7 nitrogen and oxygen atoms in total. The quantitative estimate of drug-likeness (QED) is 0.794. The molecule has 2 N–H and O–H groups in total. The van der Waals surface area contributed by atoms with E-state index in [-0.39, 0.29) is 28.7 Å². The second kappa shape index (κ2) is 7.48. The van der Waals surface area contributed by atoms with Gasteiger partial charge in [0.2, 0.25) is 0 Å². The van der Waals surface area contributed by atoms with E-state index in [0.29, 0.717) is 16.4 Å². The summed E-state index contributed by atoms with van der Waals surface area (Å²) in [6, 6.07) is 14.0. The van der Waals surface area contributed by atoms with Gasteiger partial charge in [-0.15, -0.1) is 0 Å². The molecule has 2 aromatic carbocycles. The van der Waals surface area contributed by atoms with E-state index in [9.17, 15) is 13.2 Å². The van der Waals surface area contributed by atoms with Crippen LogP contribution in [0.15, 0.2) is 53.5 Å². The zero-order valence-electron chi connectivity index (χ0n) is 15.1. The first-order valence-corrected chi connectivity index (χ1v) is 11.4. The van der Waals surface area contributed by atoms with Crippen molar-refractivity contribution in [3.63, 3.8) is 0 Å². The van der Waals surface area contributed by atoms with Crippen molar-refractivity contribution in [3.05, 3.63) is 54.1 Å². The number of sulfone groups is 1. The average molecular weight is 418 g/mol. The van der Waals surface area contributed by atoms with Crippen LogP contribution in [-0.2, 0) is 9.84 Å². The summed E-state index contributed by atoms with van der Waals surface area (Å²) in [6.07, 6.45) is 0. The third kappa shape index (κ3) is 4.15. The molecule has 0 aliphatic carbocycles. The Morgan fingerprint density at radius 1 is 1.14 bits per heavy atom. The number of hydrogen-bond acceptors (Lipinski definition) is 7. The number of aliphatic imine (C=N–C) groups is 1. The molecule has 2 aliphatic rings. The molecular weight excluding hydrogens is 398 g/mol. The number of carbonyl (C=O) groups is 1. The van der Waals surface area contributed by atoms with E-state index in [2.05, 4.69) is 15.6 Å². The van der Waals surface area contributed by atoms with Crippen LogP contribution in [-0.4, -0.2) is 49.4 Å². The smallest absolute Gasteiger partial charge is 0.255 e. The molecule has 0 bridgehead atoms. The van der Waals surface area contributed by atoms with Gasteiger partial charge in [0.1, 0.15) is 5.75 Å². The van der Waals surface area contributed by atoms with Gasteiger partial charge in [0, 0.05) is 22.2 Å². The van der Waals surface area contributed by atoms with Crippen LogP contribution in [0, 0.1) is 0 Å². The van der Waals surface area contributed by atoms with Gasteiger partial charge in [0.25, 0.3) is 5.91 Å². The average Bonchev–Trinajstić information content (AvgIpc) is 3.15. The monoisotopic (exact) mass is 417 g/mol. The lowest BCUT2D eigenvalue weighted by molar-refractivity contribution is 0.102. The predicted molar refractivity (Wildman–Crippen MR) is 112 cm³/mol. The summed E-state index contributed by atoms with van der Waals surface area (Å²) >= 11 is 1.45. The lowest BCUT2D eigenvalue weighted by atomic mass is 10.2. The Bertz CT molecular complexity index is 1040. The van der Waals surface area contributed by atoms with E-state index in [0.717, 1.165) is 11.4 Å². The molecule has 0 aromatic heterocycles. The highest BCUT2D eigenvalue weighted by atomic mass is 32.2. The standard InChI is InChI=1S/C19H19N3O4S2/c1-26-15-7-5-13(6-8-15)20-18(23)12-3-2-4-14(9-12)21-19-22-16-10-28(24,25)11-17(16)27-19/h2-9,16-17H,10-11H2,1H3,(H,20,23)(H,21,22)/t16-,17+/m0/s1. The summed E-state index contributed by atoms with van der Waals surface area (Å²) in [4.78, 5) is 17.0. The highest BCUT2D eigenvalue weighted by molar-refractivity contribution is 8.15. The van der Waals surface area contributed by atoms with Gasteiger partial charge < -0.3 is 15.4 Å². The zero-order valence-corrected chi connectivity index (χ0v) is 16.7. The summed E-state index contributed by atoms with van der Waals surface area (Å²) in [6.45, 7) is 0. The zero-order chi connectivity index (χ0) is 19.7. The van der Waals surface area contributed by atoms with Crippen molar-refractivity contribution in [1.29, 1.82) is 0 Å². The number of methoxy groups -OCH3 is 1. The number of nitrogens with zero attached hydrogens (tertiary/aromatic N) is 1. The van der Waals surface area contributed by atoms with Crippen LogP contribution in [0.2, 0.25) is 0 Å². The Kier molecular flexibility index (Phi) is 5.03. The molecule has 2 aromatic rings. The number of anilines is 2. The van der Waals surface area contributed by atoms with Gasteiger partial charge in [-0.05, 0) is 42.5 Å². The van der Waals surface area contributed by atoms with Crippen molar-refractivity contribution in [1.82, 2.24) is 0 Å². The largest absolute Gasteiger partial charge is 0.497 e. The van der Waals surface area contributed by atoms with E-state index >= 15 is 0 Å². The van der Waals surface area contributed by atoms with Crippen LogP contribution in [0.1, 0.15) is 10.4 Å². The first kappa shape index (κ1) is 18.8. The molecule has 2 atom stereocenters. The van der Waals surface area contributed by atoms with E-state index in [4.69, 9.17) is 4.74 Å². The normalized spacial score (nSPS) is 22.2. The molecule has 1 saturated heterocycles. The van der Waals surface area contributed by atoms with Crippen molar-refractivity contribution < 1.29 is 17.9 Å². The molecule has 2 aliphatic heterocycles. The number of rotatable bonds is 4. The van der Waals surface area contributed by atoms with Gasteiger partial charge in [-0.1, -0.05) is 17.8 Å². The molecule has 1 amide bonds. The van der Waals surface area contributed by atoms with E-state index < -0.39 is 9.84 Å². The molecule has 9 heteroatoms. The lowest BCUT2D eigenvalue weighted by Gasteiger charge is -2.10. The number of nitrogens with one attached hydrogen (secondary N) is 2. The third-order valence-corrected chi connectivity index (χ3v) is 7.68. The molecule has 0 spiro atoms. The maximum Gasteiger partial charge on any atom is 0.255 e. The maximum atomic E-state index is 12.5. The van der Waals surface area contributed by atoms with Crippen molar-refractivity contribution in [2.75, 3.05) is 29.2 Å². The maximum absolute atomic E-state index is 12.5. The Hall–Kier alpha value is -2.52. The molecule has 1 fully saturated rings. The fourth-order valence-corrected chi connectivity index (χ4v) is 6.83. The highest BCUT2D eigenvalue weighted by Gasteiger charge is 2.42. The number of fused-ring (bicyclic) bond motifs is 1. The molecule has 0 radical (unpaired) electrons. The van der Waals surface area contributed by atoms with Crippen LogP contribution in [0.3, 0.4) is 0 Å². The summed E-state index contributed by atoms with van der Waals surface area (Å²) in [5.74, 6) is 0.774. The van der Waals surface area contributed by atoms with Crippen molar-refractivity contribution in [3.8, 4) is 5.75 Å². The van der Waals surface area contributed by atoms with Crippen LogP contribution >= 0.6 is 11.8 Å².